The summed E-state index contributed by atoms with van der Waals surface area (Å²) in [6, 6.07) is 68.1. The SMILES string of the molecule is c1ccc(-c2cccc(-c3cc(-c4cc(-c5ccc6c(c5)oc5ccccc56)cc(-c5cccc6ccccc56)c4)nc(-c4ccccc4)n3)c2)cc1. The van der Waals surface area contributed by atoms with Crippen LogP contribution in [0.1, 0.15) is 0 Å². The quantitative estimate of drug-likeness (QED) is 0.176. The predicted octanol–water partition coefficient (Wildman–Crippen LogP) is 13.5. The van der Waals surface area contributed by atoms with Crippen molar-refractivity contribution >= 4 is 32.7 Å². The van der Waals surface area contributed by atoms with Gasteiger partial charge >= 0.3 is 0 Å². The van der Waals surface area contributed by atoms with E-state index in [1.807, 2.05) is 36.4 Å². The molecule has 0 unspecified atom stereocenters. The third kappa shape index (κ3) is 5.75. The highest BCUT2D eigenvalue weighted by atomic mass is 16.3. The maximum Gasteiger partial charge on any atom is 0.160 e. The zero-order valence-corrected chi connectivity index (χ0v) is 28.8. The van der Waals surface area contributed by atoms with E-state index in [4.69, 9.17) is 14.4 Å². The number of benzene rings is 8. The molecule has 0 aliphatic heterocycles. The van der Waals surface area contributed by atoms with Gasteiger partial charge in [0.2, 0.25) is 0 Å². The molecule has 0 saturated carbocycles. The second-order valence-corrected chi connectivity index (χ2v) is 13.4. The largest absolute Gasteiger partial charge is 0.456 e. The molecule has 0 bridgehead atoms. The van der Waals surface area contributed by atoms with Crippen LogP contribution in [0.2, 0.25) is 0 Å². The van der Waals surface area contributed by atoms with Gasteiger partial charge in [0.25, 0.3) is 0 Å². The molecule has 248 valence electrons. The third-order valence-corrected chi connectivity index (χ3v) is 10.1. The molecule has 3 nitrogen and oxygen atoms in total. The number of nitrogens with zero attached hydrogens (tertiary/aromatic N) is 2. The Morgan fingerprint density at radius 2 is 0.868 bits per heavy atom. The summed E-state index contributed by atoms with van der Waals surface area (Å²) in [6.45, 7) is 0. The highest BCUT2D eigenvalue weighted by Gasteiger charge is 2.16. The summed E-state index contributed by atoms with van der Waals surface area (Å²) >= 11 is 0. The summed E-state index contributed by atoms with van der Waals surface area (Å²) in [7, 11) is 0. The van der Waals surface area contributed by atoms with E-state index in [1.165, 1.54) is 21.9 Å². The molecule has 0 aliphatic rings. The zero-order chi connectivity index (χ0) is 35.1. The van der Waals surface area contributed by atoms with Crippen molar-refractivity contribution in [2.45, 2.75) is 0 Å². The van der Waals surface area contributed by atoms with E-state index in [0.717, 1.165) is 72.3 Å². The molecule has 3 heteroatoms. The molecule has 10 aromatic rings. The van der Waals surface area contributed by atoms with Crippen molar-refractivity contribution in [3.63, 3.8) is 0 Å². The fraction of sp³-hybridized carbons (Fsp3) is 0. The molecule has 53 heavy (non-hydrogen) atoms. The second-order valence-electron chi connectivity index (χ2n) is 13.4. The maximum absolute atomic E-state index is 6.35. The highest BCUT2D eigenvalue weighted by Crippen LogP contribution is 2.39. The van der Waals surface area contributed by atoms with Crippen molar-refractivity contribution in [1.29, 1.82) is 0 Å². The van der Waals surface area contributed by atoms with Gasteiger partial charge in [-0.3, -0.25) is 0 Å². The van der Waals surface area contributed by atoms with Crippen molar-refractivity contribution < 1.29 is 4.42 Å². The van der Waals surface area contributed by atoms with E-state index in [2.05, 4.69) is 158 Å². The Morgan fingerprint density at radius 3 is 1.72 bits per heavy atom. The summed E-state index contributed by atoms with van der Waals surface area (Å²) in [5.74, 6) is 0.684. The highest BCUT2D eigenvalue weighted by molar-refractivity contribution is 6.06. The van der Waals surface area contributed by atoms with Crippen LogP contribution in [0.5, 0.6) is 0 Å². The molecule has 2 aromatic heterocycles. The first-order valence-corrected chi connectivity index (χ1v) is 17.9. The third-order valence-electron chi connectivity index (χ3n) is 10.1. The number of fused-ring (bicyclic) bond motifs is 4. The van der Waals surface area contributed by atoms with Crippen LogP contribution in [0.25, 0.3) is 100.0 Å². The number of aromatic nitrogens is 2. The van der Waals surface area contributed by atoms with Gasteiger partial charge in [0, 0.05) is 27.5 Å². The van der Waals surface area contributed by atoms with Crippen LogP contribution in [0.4, 0.5) is 0 Å². The second kappa shape index (κ2) is 12.9. The number of rotatable bonds is 6. The van der Waals surface area contributed by atoms with Crippen LogP contribution in [-0.4, -0.2) is 9.97 Å². The van der Waals surface area contributed by atoms with Gasteiger partial charge in [0.05, 0.1) is 11.4 Å². The Hall–Kier alpha value is -7.10. The molecule has 0 spiro atoms. The Balaban J connectivity index is 1.20. The minimum atomic E-state index is 0.684. The Labute approximate surface area is 307 Å². The van der Waals surface area contributed by atoms with Crippen LogP contribution in [-0.2, 0) is 0 Å². The lowest BCUT2D eigenvalue weighted by Crippen LogP contribution is -1.97. The van der Waals surface area contributed by atoms with Crippen molar-refractivity contribution in [3.05, 3.63) is 194 Å². The van der Waals surface area contributed by atoms with Gasteiger partial charge in [0.1, 0.15) is 11.2 Å². The fourth-order valence-electron chi connectivity index (χ4n) is 7.43. The normalized spacial score (nSPS) is 11.4. The molecular weight excluding hydrogens is 645 g/mol. The summed E-state index contributed by atoms with van der Waals surface area (Å²) in [5, 5.41) is 4.64. The first-order valence-electron chi connectivity index (χ1n) is 17.9. The predicted molar refractivity (Wildman–Crippen MR) is 219 cm³/mol. The lowest BCUT2D eigenvalue weighted by atomic mass is 9.92. The minimum Gasteiger partial charge on any atom is -0.456 e. The Bertz CT molecular complexity index is 2940. The van der Waals surface area contributed by atoms with E-state index in [1.54, 1.807) is 0 Å². The molecule has 0 N–H and O–H groups in total. The molecule has 8 aromatic carbocycles. The lowest BCUT2D eigenvalue weighted by Gasteiger charge is -2.14. The maximum atomic E-state index is 6.35. The number of hydrogen-bond donors (Lipinski definition) is 0. The van der Waals surface area contributed by atoms with Crippen molar-refractivity contribution in [1.82, 2.24) is 9.97 Å². The van der Waals surface area contributed by atoms with Gasteiger partial charge in [-0.15, -0.1) is 0 Å². The van der Waals surface area contributed by atoms with Gasteiger partial charge in [-0.2, -0.15) is 0 Å². The first-order chi connectivity index (χ1) is 26.2. The van der Waals surface area contributed by atoms with Gasteiger partial charge in [-0.25, -0.2) is 9.97 Å². The van der Waals surface area contributed by atoms with E-state index in [-0.39, 0.29) is 0 Å². The van der Waals surface area contributed by atoms with E-state index >= 15 is 0 Å². The van der Waals surface area contributed by atoms with Crippen LogP contribution in [0.3, 0.4) is 0 Å². The Kier molecular flexibility index (Phi) is 7.47. The number of para-hydroxylation sites is 1. The van der Waals surface area contributed by atoms with Gasteiger partial charge in [0.15, 0.2) is 5.82 Å². The van der Waals surface area contributed by atoms with Crippen molar-refractivity contribution in [2.75, 3.05) is 0 Å². The monoisotopic (exact) mass is 676 g/mol. The van der Waals surface area contributed by atoms with Crippen molar-refractivity contribution in [3.8, 4) is 67.3 Å². The van der Waals surface area contributed by atoms with Crippen molar-refractivity contribution in [2.24, 2.45) is 0 Å². The Morgan fingerprint density at radius 1 is 0.302 bits per heavy atom. The van der Waals surface area contributed by atoms with E-state index in [0.29, 0.717) is 5.82 Å². The molecule has 0 radical (unpaired) electrons. The summed E-state index contributed by atoms with van der Waals surface area (Å²) in [6.07, 6.45) is 0. The van der Waals surface area contributed by atoms with Crippen LogP contribution >= 0.6 is 0 Å². The van der Waals surface area contributed by atoms with Crippen LogP contribution in [0.15, 0.2) is 199 Å². The minimum absolute atomic E-state index is 0.684. The van der Waals surface area contributed by atoms with Crippen LogP contribution < -0.4 is 0 Å². The van der Waals surface area contributed by atoms with E-state index < -0.39 is 0 Å². The molecule has 0 aliphatic carbocycles. The molecule has 0 saturated heterocycles. The summed E-state index contributed by atoms with van der Waals surface area (Å²) < 4.78 is 6.35. The molecule has 0 amide bonds. The van der Waals surface area contributed by atoms with Gasteiger partial charge in [-0.1, -0.05) is 146 Å². The average Bonchev–Trinajstić information content (AvgIpc) is 3.62. The molecule has 10 rings (SSSR count). The topological polar surface area (TPSA) is 38.9 Å². The average molecular weight is 677 g/mol. The number of furan rings is 1. The van der Waals surface area contributed by atoms with Gasteiger partial charge < -0.3 is 4.42 Å². The molecule has 0 fully saturated rings. The van der Waals surface area contributed by atoms with Crippen LogP contribution in [0, 0.1) is 0 Å². The molecule has 0 atom stereocenters. The number of hydrogen-bond acceptors (Lipinski definition) is 3. The lowest BCUT2D eigenvalue weighted by molar-refractivity contribution is 0.669. The smallest absolute Gasteiger partial charge is 0.160 e. The summed E-state index contributed by atoms with van der Waals surface area (Å²) in [5.41, 5.74) is 13.3. The molecule has 2 heterocycles. The fourth-order valence-corrected chi connectivity index (χ4v) is 7.43. The zero-order valence-electron chi connectivity index (χ0n) is 28.8. The summed E-state index contributed by atoms with van der Waals surface area (Å²) in [4.78, 5) is 10.4. The molecular formula is C50H32N2O. The van der Waals surface area contributed by atoms with Gasteiger partial charge in [-0.05, 0) is 92.7 Å². The first kappa shape index (κ1) is 30.7. The standard InChI is InChI=1S/C50H32N2O/c1-3-13-33(14-4-1)36-19-11-20-38(27-36)46-32-47(52-50(51-46)35-16-5-2-6-17-35)41-29-39(28-40(30-41)43-23-12-18-34-15-7-8-21-42(34)43)37-25-26-45-44-22-9-10-24-48(44)53-49(45)31-37/h1-32H. The van der Waals surface area contributed by atoms with E-state index in [9.17, 15) is 0 Å².